The smallest absolute Gasteiger partial charge is 0.277 e. The Bertz CT molecular complexity index is 375. The zero-order chi connectivity index (χ0) is 15.2. The third-order valence-corrected chi connectivity index (χ3v) is 4.25. The lowest BCUT2D eigenvalue weighted by Gasteiger charge is -2.38. The van der Waals surface area contributed by atoms with E-state index in [0.717, 1.165) is 25.7 Å². The molecule has 0 aromatic carbocycles. The average molecular weight is 282 g/mol. The number of carbonyl (C=O) groups excluding carboxylic acids is 3. The Morgan fingerprint density at radius 1 is 0.950 bits per heavy atom. The van der Waals surface area contributed by atoms with Crippen LogP contribution >= 0.6 is 0 Å². The zero-order valence-electron chi connectivity index (χ0n) is 12.8. The normalized spacial score (nSPS) is 18.4. The highest BCUT2D eigenvalue weighted by Gasteiger charge is 2.51. The summed E-state index contributed by atoms with van der Waals surface area (Å²) >= 11 is 0. The van der Waals surface area contributed by atoms with Gasteiger partial charge in [0.15, 0.2) is 0 Å². The van der Waals surface area contributed by atoms with Gasteiger partial charge in [0.05, 0.1) is 0 Å². The maximum Gasteiger partial charge on any atom is 0.330 e. The maximum atomic E-state index is 12.5. The van der Waals surface area contributed by atoms with E-state index in [2.05, 4.69) is 12.2 Å². The number of barbiturate groups is 1. The minimum absolute atomic E-state index is 0.327. The van der Waals surface area contributed by atoms with Crippen LogP contribution in [0, 0.1) is 5.41 Å². The monoisotopic (exact) mass is 282 g/mol. The van der Waals surface area contributed by atoms with E-state index in [9.17, 15) is 14.4 Å². The largest absolute Gasteiger partial charge is 0.330 e. The van der Waals surface area contributed by atoms with Crippen molar-refractivity contribution in [2.24, 2.45) is 5.41 Å². The summed E-state index contributed by atoms with van der Waals surface area (Å²) in [5.74, 6) is -0.772. The molecule has 0 atom stereocenters. The summed E-state index contributed by atoms with van der Waals surface area (Å²) < 4.78 is 0. The van der Waals surface area contributed by atoms with Crippen LogP contribution in [0.4, 0.5) is 4.79 Å². The van der Waals surface area contributed by atoms with Gasteiger partial charge in [-0.2, -0.15) is 0 Å². The first-order valence-corrected chi connectivity index (χ1v) is 7.70. The summed E-state index contributed by atoms with van der Waals surface area (Å²) in [6.07, 6.45) is 6.10. The van der Waals surface area contributed by atoms with Crippen molar-refractivity contribution in [3.05, 3.63) is 0 Å². The molecule has 1 heterocycles. The summed E-state index contributed by atoms with van der Waals surface area (Å²) in [6.45, 7) is 6.18. The van der Waals surface area contributed by atoms with Gasteiger partial charge in [0.2, 0.25) is 11.8 Å². The second-order valence-corrected chi connectivity index (χ2v) is 5.42. The summed E-state index contributed by atoms with van der Waals surface area (Å²) in [4.78, 5) is 37.5. The molecular weight excluding hydrogens is 256 g/mol. The molecule has 0 radical (unpaired) electrons. The predicted octanol–water partition coefficient (Wildman–Crippen LogP) is 2.84. The van der Waals surface area contributed by atoms with Crippen molar-refractivity contribution in [2.45, 2.75) is 65.7 Å². The lowest BCUT2D eigenvalue weighted by atomic mass is 9.78. The second kappa shape index (κ2) is 7.41. The summed E-state index contributed by atoms with van der Waals surface area (Å²) in [5.41, 5.74) is -1.06. The molecule has 5 heteroatoms. The van der Waals surface area contributed by atoms with E-state index in [1.807, 2.05) is 13.8 Å². The van der Waals surface area contributed by atoms with Crippen LogP contribution in [-0.2, 0) is 9.59 Å². The molecule has 0 spiro atoms. The van der Waals surface area contributed by atoms with Crippen LogP contribution in [0.3, 0.4) is 0 Å². The summed E-state index contributed by atoms with van der Waals surface area (Å²) in [7, 11) is 0. The molecule has 4 amide bonds. The quantitative estimate of drug-likeness (QED) is 0.550. The maximum absolute atomic E-state index is 12.5. The van der Waals surface area contributed by atoms with Crippen LogP contribution in [0.15, 0.2) is 0 Å². The third kappa shape index (κ3) is 3.19. The van der Waals surface area contributed by atoms with Crippen LogP contribution in [0.1, 0.15) is 65.7 Å². The minimum Gasteiger partial charge on any atom is -0.277 e. The average Bonchev–Trinajstić information content (AvgIpc) is 2.43. The van der Waals surface area contributed by atoms with Gasteiger partial charge in [-0.15, -0.1) is 0 Å². The molecule has 0 bridgehead atoms. The molecule has 0 saturated carbocycles. The second-order valence-electron chi connectivity index (χ2n) is 5.42. The molecule has 0 aromatic rings. The topological polar surface area (TPSA) is 66.5 Å². The Hall–Kier alpha value is -1.39. The first-order chi connectivity index (χ1) is 9.53. The van der Waals surface area contributed by atoms with Crippen molar-refractivity contribution in [1.29, 1.82) is 0 Å². The summed E-state index contributed by atoms with van der Waals surface area (Å²) in [6, 6.07) is -0.562. The van der Waals surface area contributed by atoms with Crippen molar-refractivity contribution in [3.63, 3.8) is 0 Å². The van der Waals surface area contributed by atoms with Gasteiger partial charge in [0.25, 0.3) is 0 Å². The van der Waals surface area contributed by atoms with E-state index in [1.54, 1.807) is 0 Å². The molecule has 1 saturated heterocycles. The molecule has 0 aromatic heterocycles. The number of nitrogens with one attached hydrogen (secondary N) is 1. The lowest BCUT2D eigenvalue weighted by molar-refractivity contribution is -0.152. The highest BCUT2D eigenvalue weighted by molar-refractivity contribution is 6.19. The van der Waals surface area contributed by atoms with E-state index in [-0.39, 0.29) is 5.91 Å². The number of imide groups is 2. The molecule has 114 valence electrons. The van der Waals surface area contributed by atoms with Gasteiger partial charge in [-0.25, -0.2) is 4.79 Å². The Kier molecular flexibility index (Phi) is 6.17. The number of amides is 4. The van der Waals surface area contributed by atoms with Crippen LogP contribution in [0.2, 0.25) is 0 Å². The van der Waals surface area contributed by atoms with Crippen molar-refractivity contribution in [1.82, 2.24) is 10.2 Å². The Morgan fingerprint density at radius 3 is 2.10 bits per heavy atom. The predicted molar refractivity (Wildman–Crippen MR) is 77.0 cm³/mol. The third-order valence-electron chi connectivity index (χ3n) is 4.25. The van der Waals surface area contributed by atoms with E-state index < -0.39 is 17.4 Å². The van der Waals surface area contributed by atoms with Crippen LogP contribution < -0.4 is 5.32 Å². The first-order valence-electron chi connectivity index (χ1n) is 7.70. The highest BCUT2D eigenvalue weighted by atomic mass is 16.2. The van der Waals surface area contributed by atoms with Gasteiger partial charge in [0, 0.05) is 6.54 Å². The van der Waals surface area contributed by atoms with Gasteiger partial charge in [-0.1, -0.05) is 46.5 Å². The molecule has 0 aliphatic carbocycles. The van der Waals surface area contributed by atoms with Gasteiger partial charge in [-0.05, 0) is 19.3 Å². The number of rotatable bonds is 8. The molecule has 1 fully saturated rings. The van der Waals surface area contributed by atoms with Crippen molar-refractivity contribution < 1.29 is 14.4 Å². The molecule has 1 N–H and O–H groups in total. The molecule has 1 rings (SSSR count). The SMILES string of the molecule is CCCCCCCN1C(=O)NC(=O)C(CC)(CC)C1=O. The van der Waals surface area contributed by atoms with E-state index in [4.69, 9.17) is 0 Å². The van der Waals surface area contributed by atoms with E-state index in [0.29, 0.717) is 19.4 Å². The molecule has 20 heavy (non-hydrogen) atoms. The zero-order valence-corrected chi connectivity index (χ0v) is 12.8. The lowest BCUT2D eigenvalue weighted by Crippen LogP contribution is -2.63. The summed E-state index contributed by atoms with van der Waals surface area (Å²) in [5, 5.41) is 2.33. The molecule has 1 aliphatic heterocycles. The number of urea groups is 1. The first kappa shape index (κ1) is 16.7. The number of nitrogens with zero attached hydrogens (tertiary/aromatic N) is 1. The Labute approximate surface area is 121 Å². The van der Waals surface area contributed by atoms with Crippen molar-refractivity contribution >= 4 is 17.8 Å². The molecular formula is C15H26N2O3. The van der Waals surface area contributed by atoms with Gasteiger partial charge in [0.1, 0.15) is 5.41 Å². The van der Waals surface area contributed by atoms with Crippen LogP contribution in [0.5, 0.6) is 0 Å². The van der Waals surface area contributed by atoms with Crippen LogP contribution in [0.25, 0.3) is 0 Å². The molecule has 0 unspecified atom stereocenters. The number of hydrogen-bond donors (Lipinski definition) is 1. The highest BCUT2D eigenvalue weighted by Crippen LogP contribution is 2.32. The number of carbonyl (C=O) groups is 3. The number of hydrogen-bond acceptors (Lipinski definition) is 3. The molecule has 1 aliphatic rings. The number of unbranched alkanes of at least 4 members (excludes halogenated alkanes) is 4. The van der Waals surface area contributed by atoms with Gasteiger partial charge in [-0.3, -0.25) is 19.8 Å². The standard InChI is InChI=1S/C15H26N2O3/c1-4-7-8-9-10-11-17-13(19)15(5-2,6-3)12(18)16-14(17)20/h4-11H2,1-3H3,(H,16,18,20). The van der Waals surface area contributed by atoms with Crippen molar-refractivity contribution in [2.75, 3.05) is 6.54 Å². The Morgan fingerprint density at radius 2 is 1.55 bits per heavy atom. The van der Waals surface area contributed by atoms with Crippen LogP contribution in [-0.4, -0.2) is 29.3 Å². The van der Waals surface area contributed by atoms with E-state index in [1.165, 1.54) is 11.3 Å². The van der Waals surface area contributed by atoms with Gasteiger partial charge >= 0.3 is 6.03 Å². The van der Waals surface area contributed by atoms with Crippen molar-refractivity contribution in [3.8, 4) is 0 Å². The Balaban J connectivity index is 2.68. The fourth-order valence-electron chi connectivity index (χ4n) is 2.68. The fourth-order valence-corrected chi connectivity index (χ4v) is 2.68. The van der Waals surface area contributed by atoms with Gasteiger partial charge < -0.3 is 0 Å². The molecule has 5 nitrogen and oxygen atoms in total. The fraction of sp³-hybridized carbons (Fsp3) is 0.800. The minimum atomic E-state index is -1.06. The van der Waals surface area contributed by atoms with E-state index >= 15 is 0 Å².